The second-order valence-corrected chi connectivity index (χ2v) is 7.02. The second kappa shape index (κ2) is 8.99. The number of piperazine rings is 1. The van der Waals surface area contributed by atoms with Crippen LogP contribution < -0.4 is 10.2 Å². The number of anilines is 1. The number of hydrogen-bond donors (Lipinski definition) is 1. The van der Waals surface area contributed by atoms with Crippen LogP contribution in [0.4, 0.5) is 5.95 Å². The molecule has 3 heterocycles. The second-order valence-electron chi connectivity index (χ2n) is 7.02. The van der Waals surface area contributed by atoms with Crippen LogP contribution in [0.2, 0.25) is 0 Å². The van der Waals surface area contributed by atoms with Crippen molar-refractivity contribution in [3.63, 3.8) is 0 Å². The zero-order valence-electron chi connectivity index (χ0n) is 15.6. The SMILES string of the molecule is CN=C(NCCN1CCN(c2ncccn2)CC1)N1CCC(C)CC1. The number of rotatable bonds is 4. The Balaban J connectivity index is 1.37. The Morgan fingerprint density at radius 1 is 1.12 bits per heavy atom. The molecule has 2 aliphatic heterocycles. The molecule has 0 saturated carbocycles. The van der Waals surface area contributed by atoms with Gasteiger partial charge in [-0.15, -0.1) is 0 Å². The lowest BCUT2D eigenvalue weighted by molar-refractivity contribution is 0.253. The Labute approximate surface area is 151 Å². The number of piperidine rings is 1. The van der Waals surface area contributed by atoms with Crippen LogP contribution in [0.25, 0.3) is 0 Å². The lowest BCUT2D eigenvalue weighted by Crippen LogP contribution is -2.50. The molecule has 7 heteroatoms. The van der Waals surface area contributed by atoms with E-state index in [2.05, 4.69) is 41.9 Å². The summed E-state index contributed by atoms with van der Waals surface area (Å²) in [7, 11) is 1.89. The summed E-state index contributed by atoms with van der Waals surface area (Å²) >= 11 is 0. The maximum absolute atomic E-state index is 4.46. The number of likely N-dealkylation sites (tertiary alicyclic amines) is 1. The topological polar surface area (TPSA) is 59.9 Å². The first-order valence-corrected chi connectivity index (χ1v) is 9.46. The highest BCUT2D eigenvalue weighted by molar-refractivity contribution is 5.79. The van der Waals surface area contributed by atoms with Crippen molar-refractivity contribution < 1.29 is 0 Å². The van der Waals surface area contributed by atoms with E-state index in [0.29, 0.717) is 0 Å². The van der Waals surface area contributed by atoms with Gasteiger partial charge in [-0.05, 0) is 24.8 Å². The molecule has 0 spiro atoms. The average molecular weight is 345 g/mol. The molecule has 2 aliphatic rings. The van der Waals surface area contributed by atoms with Crippen molar-refractivity contribution in [2.24, 2.45) is 10.9 Å². The van der Waals surface area contributed by atoms with Crippen molar-refractivity contribution in [3.05, 3.63) is 18.5 Å². The van der Waals surface area contributed by atoms with Gasteiger partial charge in [0.05, 0.1) is 0 Å². The lowest BCUT2D eigenvalue weighted by Gasteiger charge is -2.35. The van der Waals surface area contributed by atoms with E-state index in [1.165, 1.54) is 12.8 Å². The summed E-state index contributed by atoms with van der Waals surface area (Å²) in [5, 5.41) is 3.54. The molecule has 0 unspecified atom stereocenters. The van der Waals surface area contributed by atoms with E-state index < -0.39 is 0 Å². The number of hydrogen-bond acceptors (Lipinski definition) is 5. The highest BCUT2D eigenvalue weighted by Crippen LogP contribution is 2.15. The Morgan fingerprint density at radius 2 is 1.80 bits per heavy atom. The molecule has 0 radical (unpaired) electrons. The largest absolute Gasteiger partial charge is 0.355 e. The minimum absolute atomic E-state index is 0.847. The van der Waals surface area contributed by atoms with Crippen LogP contribution in [0.5, 0.6) is 0 Å². The first kappa shape index (κ1) is 17.9. The minimum atomic E-state index is 0.847. The molecule has 0 aliphatic carbocycles. The third-order valence-corrected chi connectivity index (χ3v) is 5.21. The fourth-order valence-corrected chi connectivity index (χ4v) is 3.50. The van der Waals surface area contributed by atoms with Crippen LogP contribution in [0.15, 0.2) is 23.5 Å². The number of guanidine groups is 1. The Morgan fingerprint density at radius 3 is 2.44 bits per heavy atom. The number of nitrogens with zero attached hydrogens (tertiary/aromatic N) is 6. The predicted octanol–water partition coefficient (Wildman–Crippen LogP) is 0.906. The smallest absolute Gasteiger partial charge is 0.225 e. The minimum Gasteiger partial charge on any atom is -0.355 e. The van der Waals surface area contributed by atoms with Gasteiger partial charge in [-0.2, -0.15) is 0 Å². The molecule has 7 nitrogen and oxygen atoms in total. The van der Waals surface area contributed by atoms with Crippen molar-refractivity contribution >= 4 is 11.9 Å². The average Bonchev–Trinajstić information content (AvgIpc) is 2.67. The van der Waals surface area contributed by atoms with E-state index in [4.69, 9.17) is 0 Å². The van der Waals surface area contributed by atoms with Crippen molar-refractivity contribution in [1.29, 1.82) is 0 Å². The van der Waals surface area contributed by atoms with E-state index in [0.717, 1.165) is 70.2 Å². The summed E-state index contributed by atoms with van der Waals surface area (Å²) in [4.78, 5) is 20.3. The van der Waals surface area contributed by atoms with E-state index >= 15 is 0 Å². The van der Waals surface area contributed by atoms with Crippen LogP contribution in [-0.4, -0.2) is 85.1 Å². The molecular formula is C18H31N7. The zero-order chi connectivity index (χ0) is 17.5. The van der Waals surface area contributed by atoms with Crippen LogP contribution in [0.3, 0.4) is 0 Å². The lowest BCUT2D eigenvalue weighted by atomic mass is 10.00. The summed E-state index contributed by atoms with van der Waals surface area (Å²) in [6.07, 6.45) is 6.16. The first-order valence-electron chi connectivity index (χ1n) is 9.46. The first-order chi connectivity index (χ1) is 12.3. The fraction of sp³-hybridized carbons (Fsp3) is 0.722. The summed E-state index contributed by atoms with van der Waals surface area (Å²) in [6.45, 7) is 10.7. The summed E-state index contributed by atoms with van der Waals surface area (Å²) in [5.74, 6) is 2.75. The van der Waals surface area contributed by atoms with Crippen LogP contribution >= 0.6 is 0 Å². The number of aliphatic imine (C=N–C) groups is 1. The standard InChI is InChI=1S/C18H31N7/c1-16-4-9-24(10-5-16)17(19-2)22-8-11-23-12-14-25(15-13-23)18-20-6-3-7-21-18/h3,6-7,16H,4-5,8-15H2,1-2H3,(H,19,22). The molecule has 0 bridgehead atoms. The summed E-state index contributed by atoms with van der Waals surface area (Å²) in [5.41, 5.74) is 0. The Hall–Kier alpha value is -1.89. The van der Waals surface area contributed by atoms with Crippen molar-refractivity contribution in [2.75, 3.05) is 64.3 Å². The van der Waals surface area contributed by atoms with Gasteiger partial charge in [0.1, 0.15) is 0 Å². The van der Waals surface area contributed by atoms with Crippen LogP contribution in [0.1, 0.15) is 19.8 Å². The molecule has 0 aromatic carbocycles. The monoisotopic (exact) mass is 345 g/mol. The van der Waals surface area contributed by atoms with Gasteiger partial charge >= 0.3 is 0 Å². The molecule has 2 saturated heterocycles. The molecule has 25 heavy (non-hydrogen) atoms. The molecule has 0 amide bonds. The van der Waals surface area contributed by atoms with Gasteiger partial charge in [-0.3, -0.25) is 9.89 Å². The van der Waals surface area contributed by atoms with Crippen LogP contribution in [0, 0.1) is 5.92 Å². The maximum atomic E-state index is 4.46. The highest BCUT2D eigenvalue weighted by Gasteiger charge is 2.20. The van der Waals surface area contributed by atoms with Crippen molar-refractivity contribution in [3.8, 4) is 0 Å². The quantitative estimate of drug-likeness (QED) is 0.646. The van der Waals surface area contributed by atoms with Gasteiger partial charge < -0.3 is 15.1 Å². The predicted molar refractivity (Wildman–Crippen MR) is 102 cm³/mol. The van der Waals surface area contributed by atoms with Gasteiger partial charge in [0, 0.05) is 71.8 Å². The molecular weight excluding hydrogens is 314 g/mol. The molecule has 1 aromatic rings. The van der Waals surface area contributed by atoms with Gasteiger partial charge in [0.25, 0.3) is 0 Å². The molecule has 138 valence electrons. The van der Waals surface area contributed by atoms with E-state index in [1.54, 1.807) is 0 Å². The third-order valence-electron chi connectivity index (χ3n) is 5.21. The Kier molecular flexibility index (Phi) is 6.44. The molecule has 1 N–H and O–H groups in total. The Bertz CT molecular complexity index is 532. The van der Waals surface area contributed by atoms with Crippen LogP contribution in [-0.2, 0) is 0 Å². The molecule has 3 rings (SSSR count). The fourth-order valence-electron chi connectivity index (χ4n) is 3.50. The van der Waals surface area contributed by atoms with Gasteiger partial charge in [0.2, 0.25) is 5.95 Å². The highest BCUT2D eigenvalue weighted by atomic mass is 15.3. The van der Waals surface area contributed by atoms with Gasteiger partial charge in [-0.25, -0.2) is 9.97 Å². The van der Waals surface area contributed by atoms with Crippen molar-refractivity contribution in [1.82, 2.24) is 25.1 Å². The normalized spacial score (nSPS) is 20.8. The summed E-state index contributed by atoms with van der Waals surface area (Å²) < 4.78 is 0. The molecule has 2 fully saturated rings. The molecule has 0 atom stereocenters. The number of aromatic nitrogens is 2. The summed E-state index contributed by atoms with van der Waals surface area (Å²) in [6, 6.07) is 1.86. The van der Waals surface area contributed by atoms with E-state index in [1.807, 2.05) is 25.5 Å². The third kappa shape index (κ3) is 5.04. The van der Waals surface area contributed by atoms with Crippen molar-refractivity contribution in [2.45, 2.75) is 19.8 Å². The molecule has 1 aromatic heterocycles. The maximum Gasteiger partial charge on any atom is 0.225 e. The van der Waals surface area contributed by atoms with E-state index in [-0.39, 0.29) is 0 Å². The van der Waals surface area contributed by atoms with Gasteiger partial charge in [-0.1, -0.05) is 6.92 Å². The van der Waals surface area contributed by atoms with Gasteiger partial charge in [0.15, 0.2) is 5.96 Å². The number of nitrogens with one attached hydrogen (secondary N) is 1. The zero-order valence-corrected chi connectivity index (χ0v) is 15.6. The van der Waals surface area contributed by atoms with E-state index in [9.17, 15) is 0 Å².